The summed E-state index contributed by atoms with van der Waals surface area (Å²) in [6, 6.07) is 5.93. The lowest BCUT2D eigenvalue weighted by Crippen LogP contribution is -2.06. The molecule has 0 aliphatic rings. The van der Waals surface area contributed by atoms with Crippen LogP contribution in [0.25, 0.3) is 0 Å². The molecule has 0 unspecified atom stereocenters. The van der Waals surface area contributed by atoms with Crippen molar-refractivity contribution in [1.29, 1.82) is 5.26 Å². The number of anilines is 3. The summed E-state index contributed by atoms with van der Waals surface area (Å²) in [6.45, 7) is 0. The Morgan fingerprint density at radius 2 is 1.95 bits per heavy atom. The Labute approximate surface area is 111 Å². The number of rotatable bonds is 2. The summed E-state index contributed by atoms with van der Waals surface area (Å²) in [5, 5.41) is 11.6. The van der Waals surface area contributed by atoms with E-state index in [2.05, 4.69) is 15.3 Å². The molecule has 1 aromatic heterocycles. The monoisotopic (exact) mass is 279 g/mol. The topological polar surface area (TPSA) is 87.6 Å². The van der Waals surface area contributed by atoms with Gasteiger partial charge in [0, 0.05) is 6.07 Å². The van der Waals surface area contributed by atoms with Gasteiger partial charge in [0.2, 0.25) is 0 Å². The summed E-state index contributed by atoms with van der Waals surface area (Å²) in [5.41, 5.74) is 4.64. The van der Waals surface area contributed by atoms with Gasteiger partial charge in [-0.05, 0) is 18.2 Å². The Bertz CT molecular complexity index is 676. The molecule has 8 heteroatoms. The fraction of sp³-hybridized carbons (Fsp3) is 0.0833. The number of halogens is 3. The lowest BCUT2D eigenvalue weighted by atomic mass is 10.1. The number of aromatic nitrogens is 2. The number of benzene rings is 1. The number of nitrogens with one attached hydrogen (secondary N) is 1. The predicted molar refractivity (Wildman–Crippen MR) is 65.9 cm³/mol. The highest BCUT2D eigenvalue weighted by Crippen LogP contribution is 2.32. The van der Waals surface area contributed by atoms with E-state index < -0.39 is 11.7 Å². The minimum Gasteiger partial charge on any atom is -0.384 e. The molecule has 0 radical (unpaired) electrons. The van der Waals surface area contributed by atoms with Crippen LogP contribution >= 0.6 is 0 Å². The number of nitriles is 1. The average Bonchev–Trinajstić information content (AvgIpc) is 2.38. The van der Waals surface area contributed by atoms with Crippen molar-refractivity contribution < 1.29 is 13.2 Å². The molecule has 102 valence electrons. The summed E-state index contributed by atoms with van der Waals surface area (Å²) in [4.78, 5) is 7.53. The molecular weight excluding hydrogens is 271 g/mol. The third kappa shape index (κ3) is 2.95. The average molecular weight is 279 g/mol. The van der Waals surface area contributed by atoms with Crippen LogP contribution in [0.5, 0.6) is 0 Å². The van der Waals surface area contributed by atoms with E-state index in [0.29, 0.717) is 0 Å². The molecule has 0 atom stereocenters. The van der Waals surface area contributed by atoms with Crippen molar-refractivity contribution in [2.24, 2.45) is 0 Å². The second kappa shape index (κ2) is 5.05. The molecule has 0 saturated carbocycles. The van der Waals surface area contributed by atoms with Crippen LogP contribution in [-0.2, 0) is 6.18 Å². The standard InChI is InChI=1S/C12H8F3N5/c13-12(14,15)8-1-2-9(7(3-8)5-16)20-11-4-10(17)18-6-19-11/h1-4,6H,(H3,17,18,19,20). The summed E-state index contributed by atoms with van der Waals surface area (Å²) in [5.74, 6) is 0.488. The minimum atomic E-state index is -4.50. The number of hydrogen-bond acceptors (Lipinski definition) is 5. The van der Waals surface area contributed by atoms with Crippen LogP contribution in [0.3, 0.4) is 0 Å². The van der Waals surface area contributed by atoms with Crippen LogP contribution in [0.1, 0.15) is 11.1 Å². The second-order valence-corrected chi connectivity index (χ2v) is 3.82. The number of nitrogens with two attached hydrogens (primary N) is 1. The zero-order valence-electron chi connectivity index (χ0n) is 9.94. The van der Waals surface area contributed by atoms with Gasteiger partial charge in [-0.15, -0.1) is 0 Å². The van der Waals surface area contributed by atoms with Gasteiger partial charge >= 0.3 is 6.18 Å². The lowest BCUT2D eigenvalue weighted by molar-refractivity contribution is -0.137. The third-order valence-corrected chi connectivity index (χ3v) is 2.42. The zero-order valence-corrected chi connectivity index (χ0v) is 9.94. The molecule has 3 N–H and O–H groups in total. The van der Waals surface area contributed by atoms with Gasteiger partial charge in [0.25, 0.3) is 0 Å². The minimum absolute atomic E-state index is 0.142. The predicted octanol–water partition coefficient (Wildman–Crippen LogP) is 2.69. The van der Waals surface area contributed by atoms with Crippen molar-refractivity contribution in [2.75, 3.05) is 11.1 Å². The highest BCUT2D eigenvalue weighted by Gasteiger charge is 2.31. The first-order valence-electron chi connectivity index (χ1n) is 5.36. The molecule has 0 aliphatic carbocycles. The number of nitrogen functional groups attached to an aromatic ring is 1. The van der Waals surface area contributed by atoms with E-state index in [1.165, 1.54) is 18.5 Å². The molecule has 2 rings (SSSR count). The number of nitrogens with zero attached hydrogens (tertiary/aromatic N) is 3. The molecule has 0 spiro atoms. The molecule has 2 aromatic rings. The van der Waals surface area contributed by atoms with Crippen molar-refractivity contribution in [1.82, 2.24) is 9.97 Å². The van der Waals surface area contributed by atoms with E-state index >= 15 is 0 Å². The molecule has 5 nitrogen and oxygen atoms in total. The van der Waals surface area contributed by atoms with Gasteiger partial charge in [0.05, 0.1) is 16.8 Å². The van der Waals surface area contributed by atoms with Gasteiger partial charge in [0.1, 0.15) is 24.0 Å². The molecule has 1 heterocycles. The van der Waals surface area contributed by atoms with Gasteiger partial charge in [-0.2, -0.15) is 18.4 Å². The maximum Gasteiger partial charge on any atom is 0.416 e. The lowest BCUT2D eigenvalue weighted by Gasteiger charge is -2.11. The van der Waals surface area contributed by atoms with Gasteiger partial charge in [-0.1, -0.05) is 0 Å². The molecular formula is C12H8F3N5. The smallest absolute Gasteiger partial charge is 0.384 e. The van der Waals surface area contributed by atoms with Gasteiger partial charge < -0.3 is 11.1 Å². The maximum atomic E-state index is 12.5. The molecule has 0 aliphatic heterocycles. The maximum absolute atomic E-state index is 12.5. The van der Waals surface area contributed by atoms with Crippen LogP contribution in [0.15, 0.2) is 30.6 Å². The van der Waals surface area contributed by atoms with Crippen molar-refractivity contribution in [3.8, 4) is 6.07 Å². The van der Waals surface area contributed by atoms with Crippen molar-refractivity contribution in [3.63, 3.8) is 0 Å². The van der Waals surface area contributed by atoms with Gasteiger partial charge in [-0.3, -0.25) is 0 Å². The van der Waals surface area contributed by atoms with Crippen LogP contribution in [0.2, 0.25) is 0 Å². The largest absolute Gasteiger partial charge is 0.416 e. The Balaban J connectivity index is 2.36. The van der Waals surface area contributed by atoms with E-state index in [9.17, 15) is 13.2 Å². The van der Waals surface area contributed by atoms with Gasteiger partial charge in [-0.25, -0.2) is 9.97 Å². The summed E-state index contributed by atoms with van der Waals surface area (Å²) in [7, 11) is 0. The van der Waals surface area contributed by atoms with Crippen LogP contribution < -0.4 is 11.1 Å². The van der Waals surface area contributed by atoms with Crippen LogP contribution in [0, 0.1) is 11.3 Å². The summed E-state index contributed by atoms with van der Waals surface area (Å²) < 4.78 is 37.6. The molecule has 0 amide bonds. The van der Waals surface area contributed by atoms with E-state index in [1.807, 2.05) is 0 Å². The van der Waals surface area contributed by atoms with E-state index in [0.717, 1.165) is 12.1 Å². The Morgan fingerprint density at radius 1 is 1.20 bits per heavy atom. The normalized spacial score (nSPS) is 10.9. The highest BCUT2D eigenvalue weighted by atomic mass is 19.4. The molecule has 0 fully saturated rings. The second-order valence-electron chi connectivity index (χ2n) is 3.82. The third-order valence-electron chi connectivity index (χ3n) is 2.42. The van der Waals surface area contributed by atoms with E-state index in [4.69, 9.17) is 11.0 Å². The Hall–Kier alpha value is -2.82. The highest BCUT2D eigenvalue weighted by molar-refractivity contribution is 5.66. The van der Waals surface area contributed by atoms with E-state index in [1.54, 1.807) is 6.07 Å². The molecule has 1 aromatic carbocycles. The van der Waals surface area contributed by atoms with Crippen molar-refractivity contribution in [3.05, 3.63) is 41.7 Å². The van der Waals surface area contributed by atoms with Crippen molar-refractivity contribution >= 4 is 17.3 Å². The zero-order chi connectivity index (χ0) is 14.8. The first-order valence-corrected chi connectivity index (χ1v) is 5.36. The molecule has 0 saturated heterocycles. The first-order chi connectivity index (χ1) is 9.40. The Kier molecular flexibility index (Phi) is 3.43. The molecule has 20 heavy (non-hydrogen) atoms. The number of alkyl halides is 3. The summed E-state index contributed by atoms with van der Waals surface area (Å²) in [6.07, 6.45) is -3.29. The van der Waals surface area contributed by atoms with Crippen LogP contribution in [-0.4, -0.2) is 9.97 Å². The fourth-order valence-electron chi connectivity index (χ4n) is 1.50. The van der Waals surface area contributed by atoms with Gasteiger partial charge in [0.15, 0.2) is 0 Å². The van der Waals surface area contributed by atoms with Crippen molar-refractivity contribution in [2.45, 2.75) is 6.18 Å². The fourth-order valence-corrected chi connectivity index (χ4v) is 1.50. The van der Waals surface area contributed by atoms with E-state index in [-0.39, 0.29) is 22.9 Å². The van der Waals surface area contributed by atoms with Crippen LogP contribution in [0.4, 0.5) is 30.5 Å². The SMILES string of the molecule is N#Cc1cc(C(F)(F)F)ccc1Nc1cc(N)ncn1. The summed E-state index contributed by atoms with van der Waals surface area (Å²) >= 11 is 0. The molecule has 0 bridgehead atoms. The quantitative estimate of drug-likeness (QED) is 0.882. The Morgan fingerprint density at radius 3 is 2.55 bits per heavy atom. The number of hydrogen-bond donors (Lipinski definition) is 2. The first kappa shape index (κ1) is 13.6.